The number of rotatable bonds is 10. The molecule has 5 nitrogen and oxygen atoms in total. The zero-order valence-electron chi connectivity index (χ0n) is 22.1. The minimum Gasteiger partial charge on any atom is -0.491 e. The van der Waals surface area contributed by atoms with Crippen molar-refractivity contribution in [1.29, 1.82) is 0 Å². The number of fused-ring (bicyclic) bond motifs is 2. The molecule has 0 saturated heterocycles. The van der Waals surface area contributed by atoms with E-state index in [9.17, 15) is 14.2 Å². The predicted molar refractivity (Wildman–Crippen MR) is 150 cm³/mol. The topological polar surface area (TPSA) is 79.2 Å². The van der Waals surface area contributed by atoms with Gasteiger partial charge in [-0.25, -0.2) is 0 Å². The van der Waals surface area contributed by atoms with Gasteiger partial charge in [-0.3, -0.25) is 9.11 Å². The average Bonchev–Trinajstić information content (AvgIpc) is 3.14. The molecule has 202 valence electrons. The Bertz CT molecular complexity index is 1100. The first-order valence-electron chi connectivity index (χ1n) is 13.9. The predicted octanol–water partition coefficient (Wildman–Crippen LogP) is 7.39. The van der Waals surface area contributed by atoms with Crippen molar-refractivity contribution >= 4 is 10.6 Å². The summed E-state index contributed by atoms with van der Waals surface area (Å²) in [6.45, 7) is 5.14. The van der Waals surface area contributed by atoms with Crippen LogP contribution in [0.3, 0.4) is 0 Å². The van der Waals surface area contributed by atoms with E-state index in [1.165, 1.54) is 6.42 Å². The molecular formula is C31H42O5S. The minimum atomic E-state index is -3.11. The Morgan fingerprint density at radius 2 is 1.86 bits per heavy atom. The SMILES string of the molecule is CCCC[C@]1(CC)CS(O)(O)c2ccc(OCCOC34CC=CC3CC4)cc2[C@H](c2ccccc2)[C@@H]1O. The Kier molecular flexibility index (Phi) is 7.77. The molecule has 37 heavy (non-hydrogen) atoms. The van der Waals surface area contributed by atoms with Gasteiger partial charge in [0.05, 0.1) is 29.0 Å². The molecule has 3 aliphatic rings. The van der Waals surface area contributed by atoms with Crippen molar-refractivity contribution in [2.24, 2.45) is 11.3 Å². The highest BCUT2D eigenvalue weighted by atomic mass is 32.3. The Labute approximate surface area is 223 Å². The van der Waals surface area contributed by atoms with Gasteiger partial charge >= 0.3 is 0 Å². The fraction of sp³-hybridized carbons (Fsp3) is 0.548. The van der Waals surface area contributed by atoms with Crippen LogP contribution in [0.2, 0.25) is 0 Å². The normalized spacial score (nSPS) is 32.6. The van der Waals surface area contributed by atoms with E-state index in [2.05, 4.69) is 26.0 Å². The van der Waals surface area contributed by atoms with Crippen LogP contribution in [0.25, 0.3) is 0 Å². The molecule has 0 spiro atoms. The second kappa shape index (κ2) is 10.7. The summed E-state index contributed by atoms with van der Waals surface area (Å²) in [5, 5.41) is 12.0. The van der Waals surface area contributed by atoms with Gasteiger partial charge in [-0.15, -0.1) is 0 Å². The first kappa shape index (κ1) is 26.8. The summed E-state index contributed by atoms with van der Waals surface area (Å²) in [6.07, 6.45) is 10.4. The lowest BCUT2D eigenvalue weighted by Crippen LogP contribution is -2.46. The molecule has 0 radical (unpaired) electrons. The lowest BCUT2D eigenvalue weighted by atomic mass is 9.69. The molecule has 0 bridgehead atoms. The molecule has 1 fully saturated rings. The van der Waals surface area contributed by atoms with Crippen molar-refractivity contribution < 1.29 is 23.7 Å². The summed E-state index contributed by atoms with van der Waals surface area (Å²) in [4.78, 5) is 0.532. The second-order valence-corrected chi connectivity index (χ2v) is 13.3. The zero-order chi connectivity index (χ0) is 26.1. The number of hydrogen-bond donors (Lipinski definition) is 3. The molecule has 6 heteroatoms. The van der Waals surface area contributed by atoms with Gasteiger partial charge in [0.2, 0.25) is 0 Å². The molecule has 2 aromatic rings. The van der Waals surface area contributed by atoms with Crippen molar-refractivity contribution in [1.82, 2.24) is 0 Å². The maximum absolute atomic E-state index is 12.0. The monoisotopic (exact) mass is 526 g/mol. The Morgan fingerprint density at radius 1 is 1.05 bits per heavy atom. The van der Waals surface area contributed by atoms with Crippen molar-refractivity contribution in [2.45, 2.75) is 81.3 Å². The van der Waals surface area contributed by atoms with E-state index in [1.54, 1.807) is 6.07 Å². The smallest absolute Gasteiger partial charge is 0.119 e. The van der Waals surface area contributed by atoms with Gasteiger partial charge in [-0.2, -0.15) is 10.6 Å². The highest BCUT2D eigenvalue weighted by Crippen LogP contribution is 2.62. The molecule has 0 amide bonds. The van der Waals surface area contributed by atoms with Crippen LogP contribution in [-0.4, -0.2) is 44.9 Å². The highest BCUT2D eigenvalue weighted by molar-refractivity contribution is 8.24. The first-order chi connectivity index (χ1) is 17.8. The van der Waals surface area contributed by atoms with Crippen molar-refractivity contribution in [2.75, 3.05) is 19.0 Å². The molecule has 1 saturated carbocycles. The van der Waals surface area contributed by atoms with E-state index in [0.717, 1.165) is 43.2 Å². The Hall–Kier alpha value is -1.83. The molecule has 1 aliphatic heterocycles. The number of hydrogen-bond acceptors (Lipinski definition) is 5. The molecular weight excluding hydrogens is 484 g/mol. The van der Waals surface area contributed by atoms with Crippen molar-refractivity contribution in [3.05, 3.63) is 71.8 Å². The average molecular weight is 527 g/mol. The quantitative estimate of drug-likeness (QED) is 0.222. The van der Waals surface area contributed by atoms with Gasteiger partial charge in [0.1, 0.15) is 12.4 Å². The zero-order valence-corrected chi connectivity index (χ0v) is 23.0. The van der Waals surface area contributed by atoms with Gasteiger partial charge in [0.15, 0.2) is 0 Å². The molecule has 2 aromatic carbocycles. The van der Waals surface area contributed by atoms with Crippen LogP contribution in [0.15, 0.2) is 65.6 Å². The maximum Gasteiger partial charge on any atom is 0.119 e. The van der Waals surface area contributed by atoms with Crippen molar-refractivity contribution in [3.63, 3.8) is 0 Å². The minimum absolute atomic E-state index is 0.0155. The van der Waals surface area contributed by atoms with Gasteiger partial charge < -0.3 is 14.6 Å². The van der Waals surface area contributed by atoms with E-state index in [4.69, 9.17) is 9.47 Å². The standard InChI is InChI=1S/C31H42O5S/c1-3-5-16-30(4-2)22-37(33,34)27-14-13-25(35-19-20-36-31-17-9-12-24(31)15-18-31)21-26(27)28(29(30)32)23-10-7-6-8-11-23/h6-14,21,24,28-29,32-34H,3-5,15-20,22H2,1-2H3/t24?,28-,29-,30+,31?/m0/s1. The van der Waals surface area contributed by atoms with Crippen LogP contribution in [0.5, 0.6) is 5.75 Å². The lowest BCUT2D eigenvalue weighted by Gasteiger charge is -2.44. The molecule has 5 rings (SSSR count). The van der Waals surface area contributed by atoms with Crippen LogP contribution in [-0.2, 0) is 4.74 Å². The largest absolute Gasteiger partial charge is 0.491 e. The summed E-state index contributed by atoms with van der Waals surface area (Å²) >= 11 is 0. The fourth-order valence-corrected chi connectivity index (χ4v) is 9.06. The molecule has 0 aromatic heterocycles. The number of aliphatic hydroxyl groups excluding tert-OH is 1. The van der Waals surface area contributed by atoms with Crippen molar-refractivity contribution in [3.8, 4) is 5.75 Å². The second-order valence-electron chi connectivity index (χ2n) is 11.2. The summed E-state index contributed by atoms with van der Waals surface area (Å²) < 4.78 is 35.4. The van der Waals surface area contributed by atoms with Gasteiger partial charge in [-0.05, 0) is 61.4 Å². The highest BCUT2D eigenvalue weighted by Gasteiger charge is 2.49. The van der Waals surface area contributed by atoms with Gasteiger partial charge in [0.25, 0.3) is 0 Å². The first-order valence-corrected chi connectivity index (χ1v) is 15.6. The third kappa shape index (κ3) is 4.99. The number of aliphatic hydroxyl groups is 1. The molecule has 2 unspecified atom stereocenters. The number of ether oxygens (including phenoxy) is 2. The van der Waals surface area contributed by atoms with E-state index in [0.29, 0.717) is 36.2 Å². The van der Waals surface area contributed by atoms with E-state index in [1.807, 2.05) is 42.5 Å². The van der Waals surface area contributed by atoms with Gasteiger partial charge in [-0.1, -0.05) is 69.2 Å². The summed E-state index contributed by atoms with van der Waals surface area (Å²) in [5.74, 6) is 1.01. The fourth-order valence-electron chi connectivity index (χ4n) is 6.74. The van der Waals surface area contributed by atoms with Crippen LogP contribution in [0, 0.1) is 11.3 Å². The Morgan fingerprint density at radius 3 is 2.54 bits per heavy atom. The summed E-state index contributed by atoms with van der Waals surface area (Å²) in [5.41, 5.74) is 1.13. The van der Waals surface area contributed by atoms with Gasteiger partial charge in [0, 0.05) is 17.3 Å². The van der Waals surface area contributed by atoms with Crippen LogP contribution in [0.1, 0.15) is 75.8 Å². The van der Waals surface area contributed by atoms with E-state index < -0.39 is 22.1 Å². The van der Waals surface area contributed by atoms with E-state index in [-0.39, 0.29) is 17.3 Å². The molecule has 2 aliphatic carbocycles. The van der Waals surface area contributed by atoms with Crippen LogP contribution >= 0.6 is 10.6 Å². The Balaban J connectivity index is 1.43. The molecule has 1 heterocycles. The number of unbranched alkanes of at least 4 members (excludes halogenated alkanes) is 1. The molecule has 3 N–H and O–H groups in total. The van der Waals surface area contributed by atoms with E-state index >= 15 is 0 Å². The third-order valence-corrected chi connectivity index (χ3v) is 11.2. The third-order valence-electron chi connectivity index (χ3n) is 9.12. The number of benzene rings is 2. The van der Waals surface area contributed by atoms with Crippen LogP contribution < -0.4 is 4.74 Å². The van der Waals surface area contributed by atoms with Crippen LogP contribution in [0.4, 0.5) is 0 Å². The maximum atomic E-state index is 12.0. The lowest BCUT2D eigenvalue weighted by molar-refractivity contribution is -0.126. The molecule has 5 atom stereocenters. The summed E-state index contributed by atoms with van der Waals surface area (Å²) in [6, 6.07) is 15.5. The summed E-state index contributed by atoms with van der Waals surface area (Å²) in [7, 11) is -3.11.